The van der Waals surface area contributed by atoms with Gasteiger partial charge in [0.15, 0.2) is 0 Å². The van der Waals surface area contributed by atoms with E-state index in [0.29, 0.717) is 0 Å². The Kier molecular flexibility index (Phi) is 3.05. The molecule has 1 aliphatic rings. The van der Waals surface area contributed by atoms with Crippen molar-refractivity contribution >= 4 is 17.2 Å². The normalized spacial score (nSPS) is 20.1. The Bertz CT molecular complexity index is 359. The van der Waals surface area contributed by atoms with Gasteiger partial charge in [-0.25, -0.2) is 4.98 Å². The molecule has 0 aliphatic heterocycles. The van der Waals surface area contributed by atoms with Crippen LogP contribution < -0.4 is 5.32 Å². The molecular weight excluding hydrogens is 208 g/mol. The van der Waals surface area contributed by atoms with Gasteiger partial charge in [-0.15, -0.1) is 11.3 Å². The smallest absolute Gasteiger partial charge is 0.223 e. The van der Waals surface area contributed by atoms with Crippen LogP contribution in [0.2, 0.25) is 0 Å². The van der Waals surface area contributed by atoms with Crippen LogP contribution in [-0.2, 0) is 17.6 Å². The summed E-state index contributed by atoms with van der Waals surface area (Å²) in [7, 11) is 0. The largest absolute Gasteiger partial charge is 0.354 e. The van der Waals surface area contributed by atoms with E-state index in [4.69, 9.17) is 0 Å². The van der Waals surface area contributed by atoms with E-state index in [0.717, 1.165) is 19.3 Å². The van der Waals surface area contributed by atoms with E-state index in [2.05, 4.69) is 10.3 Å². The monoisotopic (exact) mass is 224 g/mol. The minimum Gasteiger partial charge on any atom is -0.354 e. The molecule has 15 heavy (non-hydrogen) atoms. The highest BCUT2D eigenvalue weighted by Gasteiger charge is 2.26. The quantitative estimate of drug-likeness (QED) is 0.832. The maximum absolute atomic E-state index is 11.8. The van der Waals surface area contributed by atoms with Crippen molar-refractivity contribution in [3.63, 3.8) is 0 Å². The molecule has 0 radical (unpaired) electrons. The summed E-state index contributed by atoms with van der Waals surface area (Å²) < 4.78 is 0. The lowest BCUT2D eigenvalue weighted by atomic mass is 9.90. The van der Waals surface area contributed by atoms with Crippen molar-refractivity contribution in [3.8, 4) is 0 Å². The molecule has 4 heteroatoms. The number of carbonyl (C=O) groups is 1. The first kappa shape index (κ1) is 10.6. The molecule has 0 saturated heterocycles. The van der Waals surface area contributed by atoms with Crippen molar-refractivity contribution in [2.45, 2.75) is 39.2 Å². The number of carbonyl (C=O) groups excluding carboxylic acids is 1. The number of aromatic nitrogens is 1. The molecule has 0 aromatic carbocycles. The van der Waals surface area contributed by atoms with E-state index in [1.54, 1.807) is 11.3 Å². The summed E-state index contributed by atoms with van der Waals surface area (Å²) in [5, 5.41) is 2.98. The van der Waals surface area contributed by atoms with Gasteiger partial charge in [-0.2, -0.15) is 0 Å². The highest BCUT2D eigenvalue weighted by atomic mass is 32.1. The van der Waals surface area contributed by atoms with Crippen LogP contribution in [-0.4, -0.2) is 16.9 Å². The third kappa shape index (κ3) is 2.37. The van der Waals surface area contributed by atoms with Crippen LogP contribution >= 0.6 is 11.3 Å². The molecule has 0 fully saturated rings. The number of nitrogens with zero attached hydrogens (tertiary/aromatic N) is 1. The lowest BCUT2D eigenvalue weighted by Gasteiger charge is -2.21. The van der Waals surface area contributed by atoms with E-state index in [1.165, 1.54) is 10.6 Å². The standard InChI is InChI=1S/C11H16N2OS/c1-7(2)13-11(14)8-3-4-9-10(5-8)15-6-12-9/h6-8H,3-5H2,1-2H3,(H,13,14). The first-order valence-corrected chi connectivity index (χ1v) is 6.26. The fraction of sp³-hybridized carbons (Fsp3) is 0.636. The predicted molar refractivity (Wildman–Crippen MR) is 60.9 cm³/mol. The van der Waals surface area contributed by atoms with Gasteiger partial charge in [0.2, 0.25) is 5.91 Å². The van der Waals surface area contributed by atoms with E-state index < -0.39 is 0 Å². The number of amides is 1. The van der Waals surface area contributed by atoms with Crippen LogP contribution in [0.1, 0.15) is 30.8 Å². The van der Waals surface area contributed by atoms with Crippen LogP contribution in [0.5, 0.6) is 0 Å². The van der Waals surface area contributed by atoms with Gasteiger partial charge in [0.25, 0.3) is 0 Å². The second-order valence-electron chi connectivity index (χ2n) is 4.33. The molecule has 0 bridgehead atoms. The Morgan fingerprint density at radius 1 is 1.67 bits per heavy atom. The maximum atomic E-state index is 11.8. The van der Waals surface area contributed by atoms with Crippen LogP contribution in [0.3, 0.4) is 0 Å². The minimum atomic E-state index is 0.153. The molecule has 1 atom stereocenters. The van der Waals surface area contributed by atoms with Crippen molar-refractivity contribution in [1.29, 1.82) is 0 Å². The van der Waals surface area contributed by atoms with Gasteiger partial charge < -0.3 is 5.32 Å². The first-order chi connectivity index (χ1) is 7.16. The Labute approximate surface area is 93.9 Å². The molecule has 1 unspecified atom stereocenters. The number of nitrogens with one attached hydrogen (secondary N) is 1. The Morgan fingerprint density at radius 2 is 2.47 bits per heavy atom. The van der Waals surface area contributed by atoms with Crippen LogP contribution in [0, 0.1) is 5.92 Å². The average molecular weight is 224 g/mol. The number of hydrogen-bond acceptors (Lipinski definition) is 3. The van der Waals surface area contributed by atoms with Gasteiger partial charge in [-0.1, -0.05) is 0 Å². The topological polar surface area (TPSA) is 42.0 Å². The number of thiazole rings is 1. The minimum absolute atomic E-state index is 0.153. The average Bonchev–Trinajstić information content (AvgIpc) is 2.62. The lowest BCUT2D eigenvalue weighted by molar-refractivity contribution is -0.125. The third-order valence-corrected chi connectivity index (χ3v) is 3.59. The Morgan fingerprint density at radius 3 is 3.20 bits per heavy atom. The Hall–Kier alpha value is -0.900. The molecule has 3 nitrogen and oxygen atoms in total. The number of rotatable bonds is 2. The van der Waals surface area contributed by atoms with Gasteiger partial charge in [0.05, 0.1) is 11.2 Å². The molecule has 2 rings (SSSR count). The number of aryl methyl sites for hydroxylation is 1. The molecule has 82 valence electrons. The lowest BCUT2D eigenvalue weighted by Crippen LogP contribution is -2.37. The zero-order valence-electron chi connectivity index (χ0n) is 9.12. The van der Waals surface area contributed by atoms with Crippen molar-refractivity contribution in [3.05, 3.63) is 16.1 Å². The summed E-state index contributed by atoms with van der Waals surface area (Å²) in [6.07, 6.45) is 2.77. The zero-order chi connectivity index (χ0) is 10.8. The Balaban J connectivity index is 2.00. The highest BCUT2D eigenvalue weighted by Crippen LogP contribution is 2.27. The molecule has 1 amide bonds. The highest BCUT2D eigenvalue weighted by molar-refractivity contribution is 7.09. The molecular formula is C11H16N2OS. The van der Waals surface area contributed by atoms with Gasteiger partial charge >= 0.3 is 0 Å². The van der Waals surface area contributed by atoms with E-state index in [-0.39, 0.29) is 17.9 Å². The zero-order valence-corrected chi connectivity index (χ0v) is 9.93. The van der Waals surface area contributed by atoms with E-state index >= 15 is 0 Å². The van der Waals surface area contributed by atoms with Crippen molar-refractivity contribution < 1.29 is 4.79 Å². The molecule has 1 aromatic rings. The van der Waals surface area contributed by atoms with Gasteiger partial charge in [-0.3, -0.25) is 4.79 Å². The van der Waals surface area contributed by atoms with Crippen molar-refractivity contribution in [1.82, 2.24) is 10.3 Å². The van der Waals surface area contributed by atoms with Crippen LogP contribution in [0.4, 0.5) is 0 Å². The second kappa shape index (κ2) is 4.31. The van der Waals surface area contributed by atoms with Crippen LogP contribution in [0.25, 0.3) is 0 Å². The van der Waals surface area contributed by atoms with Crippen molar-refractivity contribution in [2.75, 3.05) is 0 Å². The molecule has 1 aliphatic carbocycles. The molecule has 0 saturated carbocycles. The molecule has 0 spiro atoms. The molecule has 1 aromatic heterocycles. The van der Waals surface area contributed by atoms with Gasteiger partial charge in [0, 0.05) is 16.8 Å². The number of fused-ring (bicyclic) bond motifs is 1. The fourth-order valence-corrected chi connectivity index (χ4v) is 2.82. The van der Waals surface area contributed by atoms with Crippen molar-refractivity contribution in [2.24, 2.45) is 5.92 Å². The fourth-order valence-electron chi connectivity index (χ4n) is 1.93. The number of hydrogen-bond donors (Lipinski definition) is 1. The second-order valence-corrected chi connectivity index (χ2v) is 5.26. The van der Waals surface area contributed by atoms with Gasteiger partial charge in [-0.05, 0) is 33.1 Å². The molecule has 1 heterocycles. The van der Waals surface area contributed by atoms with Gasteiger partial charge in [0.1, 0.15) is 0 Å². The summed E-state index contributed by atoms with van der Waals surface area (Å²) in [5.74, 6) is 0.351. The third-order valence-electron chi connectivity index (χ3n) is 2.69. The summed E-state index contributed by atoms with van der Waals surface area (Å²) >= 11 is 1.67. The maximum Gasteiger partial charge on any atom is 0.223 e. The van der Waals surface area contributed by atoms with E-state index in [1.807, 2.05) is 19.4 Å². The predicted octanol–water partition coefficient (Wildman–Crippen LogP) is 1.77. The summed E-state index contributed by atoms with van der Waals surface area (Å²) in [6, 6.07) is 0.236. The van der Waals surface area contributed by atoms with Crippen LogP contribution in [0.15, 0.2) is 5.51 Å². The summed E-state index contributed by atoms with van der Waals surface area (Å²) in [4.78, 5) is 17.4. The molecule has 1 N–H and O–H groups in total. The SMILES string of the molecule is CC(C)NC(=O)C1CCc2ncsc2C1. The summed E-state index contributed by atoms with van der Waals surface area (Å²) in [5.41, 5.74) is 3.08. The van der Waals surface area contributed by atoms with E-state index in [9.17, 15) is 4.79 Å². The summed E-state index contributed by atoms with van der Waals surface area (Å²) in [6.45, 7) is 4.00. The first-order valence-electron chi connectivity index (χ1n) is 5.38.